The van der Waals surface area contributed by atoms with Gasteiger partial charge in [-0.2, -0.15) is 0 Å². The fourth-order valence-electron chi connectivity index (χ4n) is 3.55. The first-order valence-electron chi connectivity index (χ1n) is 6.82. The van der Waals surface area contributed by atoms with Crippen LogP contribution in [-0.2, 0) is 11.2 Å². The van der Waals surface area contributed by atoms with E-state index >= 15 is 0 Å². The van der Waals surface area contributed by atoms with Crippen molar-refractivity contribution in [2.75, 3.05) is 13.1 Å². The molecule has 3 unspecified atom stereocenters. The summed E-state index contributed by atoms with van der Waals surface area (Å²) < 4.78 is 1.19. The molecule has 1 aliphatic carbocycles. The summed E-state index contributed by atoms with van der Waals surface area (Å²) in [5, 5.41) is 9.25. The standard InChI is InChI=1S/C15H18BrNO2/c1-9-7-17(8-12(9)15(18)19)14-6-5-10-11(14)3-2-4-13(10)16/h2-4,9,12,14H,5-8H2,1H3,(H,18,19). The van der Waals surface area contributed by atoms with Crippen molar-refractivity contribution in [2.24, 2.45) is 11.8 Å². The molecule has 1 saturated heterocycles. The first-order valence-corrected chi connectivity index (χ1v) is 7.61. The maximum absolute atomic E-state index is 11.2. The molecule has 3 atom stereocenters. The van der Waals surface area contributed by atoms with Gasteiger partial charge in [-0.15, -0.1) is 0 Å². The van der Waals surface area contributed by atoms with Crippen molar-refractivity contribution in [1.29, 1.82) is 0 Å². The van der Waals surface area contributed by atoms with E-state index in [1.807, 2.05) is 0 Å². The van der Waals surface area contributed by atoms with E-state index in [1.54, 1.807) is 0 Å². The van der Waals surface area contributed by atoms with Gasteiger partial charge in [-0.05, 0) is 36.0 Å². The van der Waals surface area contributed by atoms with Crippen molar-refractivity contribution >= 4 is 21.9 Å². The third kappa shape index (κ3) is 2.21. The Bertz CT molecular complexity index is 517. The molecular formula is C15H18BrNO2. The van der Waals surface area contributed by atoms with E-state index in [9.17, 15) is 9.90 Å². The molecule has 1 heterocycles. The molecule has 102 valence electrons. The lowest BCUT2D eigenvalue weighted by molar-refractivity contribution is -0.142. The van der Waals surface area contributed by atoms with Gasteiger partial charge in [0.05, 0.1) is 5.92 Å². The van der Waals surface area contributed by atoms with Crippen LogP contribution in [0.3, 0.4) is 0 Å². The lowest BCUT2D eigenvalue weighted by Crippen LogP contribution is -2.26. The monoisotopic (exact) mass is 323 g/mol. The number of nitrogens with zero attached hydrogens (tertiary/aromatic N) is 1. The zero-order chi connectivity index (χ0) is 13.6. The normalized spacial score (nSPS) is 30.5. The van der Waals surface area contributed by atoms with Crippen molar-refractivity contribution < 1.29 is 9.90 Å². The topological polar surface area (TPSA) is 40.5 Å². The van der Waals surface area contributed by atoms with Crippen LogP contribution in [-0.4, -0.2) is 29.1 Å². The average Bonchev–Trinajstić information content (AvgIpc) is 2.93. The Labute approximate surface area is 121 Å². The number of rotatable bonds is 2. The molecule has 3 rings (SSSR count). The molecule has 1 aromatic rings. The second-order valence-corrected chi connectivity index (χ2v) is 6.59. The van der Waals surface area contributed by atoms with Crippen LogP contribution in [0.25, 0.3) is 0 Å². The molecule has 0 amide bonds. The zero-order valence-electron chi connectivity index (χ0n) is 11.0. The van der Waals surface area contributed by atoms with Crippen LogP contribution in [0.5, 0.6) is 0 Å². The van der Waals surface area contributed by atoms with Gasteiger partial charge >= 0.3 is 5.97 Å². The third-order valence-corrected chi connectivity index (χ3v) is 5.32. The zero-order valence-corrected chi connectivity index (χ0v) is 12.6. The van der Waals surface area contributed by atoms with Crippen LogP contribution in [0, 0.1) is 11.8 Å². The lowest BCUT2D eigenvalue weighted by Gasteiger charge is -2.24. The number of carboxylic acid groups (broad SMARTS) is 1. The number of fused-ring (bicyclic) bond motifs is 1. The quantitative estimate of drug-likeness (QED) is 0.909. The number of hydrogen-bond acceptors (Lipinski definition) is 2. The van der Waals surface area contributed by atoms with Gasteiger partial charge in [0.2, 0.25) is 0 Å². The van der Waals surface area contributed by atoms with Crippen molar-refractivity contribution in [1.82, 2.24) is 4.90 Å². The van der Waals surface area contributed by atoms with Gasteiger partial charge in [-0.3, -0.25) is 9.69 Å². The number of likely N-dealkylation sites (tertiary alicyclic amines) is 1. The maximum atomic E-state index is 11.2. The molecule has 4 heteroatoms. The molecule has 0 aromatic heterocycles. The molecule has 19 heavy (non-hydrogen) atoms. The number of benzene rings is 1. The Morgan fingerprint density at radius 3 is 2.89 bits per heavy atom. The highest BCUT2D eigenvalue weighted by Gasteiger charge is 2.40. The molecule has 1 N–H and O–H groups in total. The molecular weight excluding hydrogens is 306 g/mol. The largest absolute Gasteiger partial charge is 0.481 e. The van der Waals surface area contributed by atoms with E-state index in [0.717, 1.165) is 19.4 Å². The molecule has 1 fully saturated rings. The summed E-state index contributed by atoms with van der Waals surface area (Å²) in [6.45, 7) is 3.64. The molecule has 0 bridgehead atoms. The van der Waals surface area contributed by atoms with E-state index in [0.29, 0.717) is 12.6 Å². The van der Waals surface area contributed by atoms with Crippen LogP contribution in [0.1, 0.15) is 30.5 Å². The summed E-state index contributed by atoms with van der Waals surface area (Å²) in [7, 11) is 0. The smallest absolute Gasteiger partial charge is 0.308 e. The second-order valence-electron chi connectivity index (χ2n) is 5.74. The Morgan fingerprint density at radius 1 is 1.42 bits per heavy atom. The third-order valence-electron chi connectivity index (χ3n) is 4.58. The fourth-order valence-corrected chi connectivity index (χ4v) is 4.13. The Balaban J connectivity index is 1.84. The number of halogens is 1. The molecule has 0 spiro atoms. The number of carbonyl (C=O) groups is 1. The molecule has 0 radical (unpaired) electrons. The highest BCUT2D eigenvalue weighted by molar-refractivity contribution is 9.10. The van der Waals surface area contributed by atoms with Crippen molar-refractivity contribution in [3.05, 3.63) is 33.8 Å². The van der Waals surface area contributed by atoms with Gasteiger partial charge < -0.3 is 5.11 Å². The van der Waals surface area contributed by atoms with Gasteiger partial charge in [0, 0.05) is 23.6 Å². The molecule has 1 aromatic carbocycles. The van der Waals surface area contributed by atoms with E-state index in [4.69, 9.17) is 0 Å². The Hall–Kier alpha value is -0.870. The first-order chi connectivity index (χ1) is 9.08. The van der Waals surface area contributed by atoms with E-state index in [2.05, 4.69) is 46.0 Å². The SMILES string of the molecule is CC1CN(C2CCc3c(Br)cccc32)CC1C(=O)O. The Morgan fingerprint density at radius 2 is 2.21 bits per heavy atom. The van der Waals surface area contributed by atoms with E-state index in [1.165, 1.54) is 15.6 Å². The minimum atomic E-state index is -0.650. The van der Waals surface area contributed by atoms with Gasteiger partial charge in [-0.25, -0.2) is 0 Å². The predicted octanol–water partition coefficient (Wildman–Crippen LogP) is 3.09. The summed E-state index contributed by atoms with van der Waals surface area (Å²) in [5.74, 6) is -0.618. The second kappa shape index (κ2) is 4.91. The summed E-state index contributed by atoms with van der Waals surface area (Å²) in [6.07, 6.45) is 2.20. The van der Waals surface area contributed by atoms with Crippen molar-refractivity contribution in [2.45, 2.75) is 25.8 Å². The summed E-state index contributed by atoms with van der Waals surface area (Å²) in [4.78, 5) is 13.6. The minimum Gasteiger partial charge on any atom is -0.481 e. The van der Waals surface area contributed by atoms with Crippen LogP contribution in [0.15, 0.2) is 22.7 Å². The number of aliphatic carboxylic acids is 1. The fraction of sp³-hybridized carbons (Fsp3) is 0.533. The van der Waals surface area contributed by atoms with Crippen LogP contribution in [0.4, 0.5) is 0 Å². The molecule has 3 nitrogen and oxygen atoms in total. The van der Waals surface area contributed by atoms with Gasteiger partial charge in [0.25, 0.3) is 0 Å². The Kier molecular flexibility index (Phi) is 3.39. The summed E-state index contributed by atoms with van der Waals surface area (Å²) in [5.41, 5.74) is 2.78. The van der Waals surface area contributed by atoms with Gasteiger partial charge in [0.1, 0.15) is 0 Å². The summed E-state index contributed by atoms with van der Waals surface area (Å²) in [6, 6.07) is 6.76. The van der Waals surface area contributed by atoms with Crippen LogP contribution < -0.4 is 0 Å². The molecule has 0 saturated carbocycles. The van der Waals surface area contributed by atoms with Crippen molar-refractivity contribution in [3.63, 3.8) is 0 Å². The molecule has 1 aliphatic heterocycles. The number of hydrogen-bond donors (Lipinski definition) is 1. The maximum Gasteiger partial charge on any atom is 0.308 e. The van der Waals surface area contributed by atoms with Crippen molar-refractivity contribution in [3.8, 4) is 0 Å². The van der Waals surface area contributed by atoms with Crippen LogP contribution >= 0.6 is 15.9 Å². The van der Waals surface area contributed by atoms with E-state index < -0.39 is 5.97 Å². The lowest BCUT2D eigenvalue weighted by atomic mass is 9.99. The highest BCUT2D eigenvalue weighted by atomic mass is 79.9. The van der Waals surface area contributed by atoms with Gasteiger partial charge in [-0.1, -0.05) is 35.0 Å². The van der Waals surface area contributed by atoms with Gasteiger partial charge in [0.15, 0.2) is 0 Å². The first kappa shape index (κ1) is 13.1. The minimum absolute atomic E-state index is 0.212. The van der Waals surface area contributed by atoms with E-state index in [-0.39, 0.29) is 11.8 Å². The van der Waals surface area contributed by atoms with Crippen LogP contribution in [0.2, 0.25) is 0 Å². The summed E-state index contributed by atoms with van der Waals surface area (Å²) >= 11 is 3.62. The predicted molar refractivity (Wildman–Crippen MR) is 77.1 cm³/mol. The number of carboxylic acids is 1. The highest BCUT2D eigenvalue weighted by Crippen LogP contribution is 2.42. The average molecular weight is 324 g/mol. The molecule has 2 aliphatic rings.